The van der Waals surface area contributed by atoms with E-state index in [1.807, 2.05) is 29.7 Å². The predicted octanol–water partition coefficient (Wildman–Crippen LogP) is 3.92. The van der Waals surface area contributed by atoms with E-state index in [1.54, 1.807) is 13.3 Å². The molecule has 3 aromatic rings. The van der Waals surface area contributed by atoms with Crippen molar-refractivity contribution in [1.29, 1.82) is 0 Å². The number of methoxy groups -OCH3 is 2. The highest BCUT2D eigenvalue weighted by atomic mass is 16.7. The summed E-state index contributed by atoms with van der Waals surface area (Å²) in [6.07, 6.45) is 4.07. The van der Waals surface area contributed by atoms with Crippen LogP contribution in [-0.2, 0) is 16.2 Å². The highest BCUT2D eigenvalue weighted by molar-refractivity contribution is 6.08. The van der Waals surface area contributed by atoms with Crippen LogP contribution in [0.5, 0.6) is 17.2 Å². The van der Waals surface area contributed by atoms with Gasteiger partial charge >= 0.3 is 5.97 Å². The van der Waals surface area contributed by atoms with Crippen LogP contribution in [0.15, 0.2) is 24.4 Å². The van der Waals surface area contributed by atoms with Gasteiger partial charge in [0.15, 0.2) is 11.5 Å². The first-order valence-electron chi connectivity index (χ1n) is 10.2. The number of aromatic nitrogens is 2. The van der Waals surface area contributed by atoms with Crippen LogP contribution in [0.2, 0.25) is 0 Å². The molecule has 8 nitrogen and oxygen atoms in total. The maximum absolute atomic E-state index is 12.6. The summed E-state index contributed by atoms with van der Waals surface area (Å²) in [4.78, 5) is 17.1. The zero-order chi connectivity index (χ0) is 21.5. The molecule has 1 aliphatic heterocycles. The Bertz CT molecular complexity index is 1160. The minimum atomic E-state index is -0.440. The van der Waals surface area contributed by atoms with Gasteiger partial charge in [0, 0.05) is 24.6 Å². The first-order chi connectivity index (χ1) is 15.1. The molecule has 1 fully saturated rings. The summed E-state index contributed by atoms with van der Waals surface area (Å²) in [6.45, 7) is 2.92. The summed E-state index contributed by atoms with van der Waals surface area (Å²) in [5.74, 6) is 2.16. The SMILES string of the molecule is COCn1c(C)c(C(=O)OC)c2nccc(-c3c(OCC4CC4)ccc4c3OCO4)c21. The minimum Gasteiger partial charge on any atom is -0.493 e. The fraction of sp³-hybridized carbons (Fsp3) is 0.391. The molecule has 0 atom stereocenters. The maximum Gasteiger partial charge on any atom is 0.341 e. The number of carbonyl (C=O) groups is 1. The zero-order valence-electron chi connectivity index (χ0n) is 17.8. The van der Waals surface area contributed by atoms with E-state index in [0.717, 1.165) is 16.6 Å². The largest absolute Gasteiger partial charge is 0.493 e. The van der Waals surface area contributed by atoms with E-state index in [-0.39, 0.29) is 13.5 Å². The number of esters is 1. The van der Waals surface area contributed by atoms with Gasteiger partial charge in [-0.2, -0.15) is 0 Å². The lowest BCUT2D eigenvalue weighted by Crippen LogP contribution is -2.06. The lowest BCUT2D eigenvalue weighted by atomic mass is 10.0. The number of carbonyl (C=O) groups excluding carboxylic acids is 1. The van der Waals surface area contributed by atoms with Crippen LogP contribution in [0.25, 0.3) is 22.2 Å². The number of hydrogen-bond acceptors (Lipinski definition) is 7. The minimum absolute atomic E-state index is 0.147. The fourth-order valence-corrected chi connectivity index (χ4v) is 4.04. The second kappa shape index (κ2) is 7.77. The molecule has 31 heavy (non-hydrogen) atoms. The van der Waals surface area contributed by atoms with Crippen molar-refractivity contribution in [2.24, 2.45) is 5.92 Å². The Labute approximate surface area is 179 Å². The highest BCUT2D eigenvalue weighted by Crippen LogP contribution is 2.49. The van der Waals surface area contributed by atoms with Gasteiger partial charge in [0.05, 0.1) is 24.8 Å². The summed E-state index contributed by atoms with van der Waals surface area (Å²) >= 11 is 0. The van der Waals surface area contributed by atoms with Gasteiger partial charge in [-0.3, -0.25) is 4.98 Å². The van der Waals surface area contributed by atoms with Gasteiger partial charge in [-0.25, -0.2) is 4.79 Å². The lowest BCUT2D eigenvalue weighted by molar-refractivity contribution is 0.0600. The average molecular weight is 424 g/mol. The molecule has 0 bridgehead atoms. The maximum atomic E-state index is 12.6. The third-order valence-electron chi connectivity index (χ3n) is 5.79. The van der Waals surface area contributed by atoms with E-state index in [4.69, 9.17) is 23.7 Å². The van der Waals surface area contributed by atoms with Gasteiger partial charge in [-0.15, -0.1) is 0 Å². The average Bonchev–Trinajstić information content (AvgIpc) is 3.41. The van der Waals surface area contributed by atoms with Crippen LogP contribution >= 0.6 is 0 Å². The predicted molar refractivity (Wildman–Crippen MR) is 113 cm³/mol. The second-order valence-corrected chi connectivity index (χ2v) is 7.78. The van der Waals surface area contributed by atoms with Gasteiger partial charge in [0.1, 0.15) is 23.6 Å². The Balaban J connectivity index is 1.77. The van der Waals surface area contributed by atoms with Gasteiger partial charge in [0.25, 0.3) is 0 Å². The van der Waals surface area contributed by atoms with Crippen molar-refractivity contribution < 1.29 is 28.5 Å². The van der Waals surface area contributed by atoms with E-state index < -0.39 is 5.97 Å². The van der Waals surface area contributed by atoms with Gasteiger partial charge in [-0.05, 0) is 43.9 Å². The van der Waals surface area contributed by atoms with Crippen molar-refractivity contribution in [2.45, 2.75) is 26.5 Å². The smallest absolute Gasteiger partial charge is 0.341 e. The normalized spacial score (nSPS) is 14.8. The molecule has 8 heteroatoms. The van der Waals surface area contributed by atoms with E-state index in [9.17, 15) is 4.79 Å². The van der Waals surface area contributed by atoms with Crippen LogP contribution in [0.3, 0.4) is 0 Å². The van der Waals surface area contributed by atoms with Crippen LogP contribution in [0.4, 0.5) is 0 Å². The Morgan fingerprint density at radius 1 is 1.23 bits per heavy atom. The zero-order valence-corrected chi connectivity index (χ0v) is 17.8. The molecule has 1 aromatic carbocycles. The number of benzene rings is 1. The van der Waals surface area contributed by atoms with Crippen LogP contribution < -0.4 is 14.2 Å². The molecule has 0 amide bonds. The molecule has 0 radical (unpaired) electrons. The van der Waals surface area contributed by atoms with E-state index in [1.165, 1.54) is 20.0 Å². The molecule has 1 saturated carbocycles. The molecular formula is C23H24N2O6. The number of hydrogen-bond donors (Lipinski definition) is 0. The summed E-state index contributed by atoms with van der Waals surface area (Å²) in [5.41, 5.74) is 4.05. The van der Waals surface area contributed by atoms with Gasteiger partial charge < -0.3 is 28.3 Å². The Morgan fingerprint density at radius 2 is 2.06 bits per heavy atom. The second-order valence-electron chi connectivity index (χ2n) is 7.78. The molecule has 0 unspecified atom stereocenters. The third kappa shape index (κ3) is 3.27. The molecule has 2 aliphatic rings. The summed E-state index contributed by atoms with van der Waals surface area (Å²) in [7, 11) is 2.98. The molecular weight excluding hydrogens is 400 g/mol. The lowest BCUT2D eigenvalue weighted by Gasteiger charge is -2.16. The fourth-order valence-electron chi connectivity index (χ4n) is 4.04. The van der Waals surface area contributed by atoms with Gasteiger partial charge in [0.2, 0.25) is 6.79 Å². The Kier molecular flexibility index (Phi) is 4.94. The standard InChI is InChI=1S/C23H24N2O6/c1-13-18(23(26)28-3)20-21(25(13)11-27-2)15(8-9-24-20)19-16(29-10-14-4-5-14)6-7-17-22(19)31-12-30-17/h6-9,14H,4-5,10-12H2,1-3H3. The number of nitrogens with zero attached hydrogens (tertiary/aromatic N) is 2. The van der Waals surface area contributed by atoms with Crippen molar-refractivity contribution >= 4 is 17.0 Å². The molecule has 2 aromatic heterocycles. The number of pyridine rings is 1. The van der Waals surface area contributed by atoms with Crippen LogP contribution in [0.1, 0.15) is 28.9 Å². The number of rotatable bonds is 7. The quantitative estimate of drug-likeness (QED) is 0.532. The Morgan fingerprint density at radius 3 is 2.81 bits per heavy atom. The van der Waals surface area contributed by atoms with E-state index >= 15 is 0 Å². The van der Waals surface area contributed by atoms with Crippen molar-refractivity contribution in [1.82, 2.24) is 9.55 Å². The molecule has 1 aliphatic carbocycles. The number of ether oxygens (including phenoxy) is 5. The first-order valence-corrected chi connectivity index (χ1v) is 10.2. The van der Waals surface area contributed by atoms with E-state index in [2.05, 4.69) is 4.98 Å². The van der Waals surface area contributed by atoms with Crippen molar-refractivity contribution in [3.8, 4) is 28.4 Å². The monoisotopic (exact) mass is 424 g/mol. The molecule has 0 N–H and O–H groups in total. The van der Waals surface area contributed by atoms with Crippen molar-refractivity contribution in [3.05, 3.63) is 35.7 Å². The summed E-state index contributed by atoms with van der Waals surface area (Å²) in [5, 5.41) is 0. The molecule has 0 saturated heterocycles. The summed E-state index contributed by atoms with van der Waals surface area (Å²) < 4.78 is 30.1. The molecule has 3 heterocycles. The van der Waals surface area contributed by atoms with Crippen molar-refractivity contribution in [3.63, 3.8) is 0 Å². The van der Waals surface area contributed by atoms with Crippen LogP contribution in [-0.4, -0.2) is 43.1 Å². The van der Waals surface area contributed by atoms with Crippen LogP contribution in [0, 0.1) is 12.8 Å². The topological polar surface area (TPSA) is 81.0 Å². The number of fused-ring (bicyclic) bond motifs is 2. The van der Waals surface area contributed by atoms with Crippen molar-refractivity contribution in [2.75, 3.05) is 27.6 Å². The Hall–Kier alpha value is -3.26. The molecule has 162 valence electrons. The third-order valence-corrected chi connectivity index (χ3v) is 5.79. The van der Waals surface area contributed by atoms with Gasteiger partial charge in [-0.1, -0.05) is 0 Å². The van der Waals surface area contributed by atoms with E-state index in [0.29, 0.717) is 46.5 Å². The molecule has 0 spiro atoms. The molecule has 5 rings (SSSR count). The first kappa shape index (κ1) is 19.7. The highest BCUT2D eigenvalue weighted by Gasteiger charge is 2.30. The summed E-state index contributed by atoms with van der Waals surface area (Å²) in [6, 6.07) is 5.68.